The number of hydrogen-bond donors (Lipinski definition) is 1. The third kappa shape index (κ3) is 4.00. The highest BCUT2D eigenvalue weighted by atomic mass is 16.1. The highest BCUT2D eigenvalue weighted by Gasteiger charge is 2.10. The number of para-hydroxylation sites is 1. The van der Waals surface area contributed by atoms with Crippen molar-refractivity contribution in [2.75, 3.05) is 36.3 Å². The number of amides is 1. The minimum absolute atomic E-state index is 0.225. The van der Waals surface area contributed by atoms with Crippen LogP contribution in [0.25, 0.3) is 0 Å². The van der Waals surface area contributed by atoms with Crippen molar-refractivity contribution < 1.29 is 4.79 Å². The summed E-state index contributed by atoms with van der Waals surface area (Å²) in [7, 11) is 5.93. The first kappa shape index (κ1) is 17.5. The van der Waals surface area contributed by atoms with E-state index >= 15 is 0 Å². The molecule has 0 aliphatic heterocycles. The molecule has 1 aromatic heterocycles. The van der Waals surface area contributed by atoms with Crippen LogP contribution in [0.2, 0.25) is 0 Å². The van der Waals surface area contributed by atoms with Gasteiger partial charge in [-0.3, -0.25) is 4.79 Å². The van der Waals surface area contributed by atoms with E-state index < -0.39 is 0 Å². The second-order valence-corrected chi connectivity index (χ2v) is 6.19. The van der Waals surface area contributed by atoms with E-state index in [0.29, 0.717) is 5.69 Å². The molecule has 0 spiro atoms. The van der Waals surface area contributed by atoms with Gasteiger partial charge in [-0.15, -0.1) is 0 Å². The van der Waals surface area contributed by atoms with Gasteiger partial charge in [0.25, 0.3) is 5.91 Å². The predicted octanol–water partition coefficient (Wildman–Crippen LogP) is 4.17. The third-order valence-corrected chi connectivity index (χ3v) is 4.15. The summed E-state index contributed by atoms with van der Waals surface area (Å²) in [6, 6.07) is 21.3. The van der Waals surface area contributed by atoms with Gasteiger partial charge < -0.3 is 15.1 Å². The summed E-state index contributed by atoms with van der Waals surface area (Å²) in [6.07, 6.45) is 1.71. The summed E-state index contributed by atoms with van der Waals surface area (Å²) in [6.45, 7) is 0. The molecule has 2 aromatic carbocycles. The lowest BCUT2D eigenvalue weighted by atomic mass is 10.2. The fourth-order valence-electron chi connectivity index (χ4n) is 2.56. The van der Waals surface area contributed by atoms with E-state index in [0.717, 1.165) is 22.7 Å². The number of aromatic nitrogens is 1. The molecule has 132 valence electrons. The lowest BCUT2D eigenvalue weighted by Gasteiger charge is -2.19. The Balaban J connectivity index is 1.69. The maximum atomic E-state index is 12.4. The fraction of sp³-hybridized carbons (Fsp3) is 0.143. The summed E-state index contributed by atoms with van der Waals surface area (Å²) >= 11 is 0. The third-order valence-electron chi connectivity index (χ3n) is 4.15. The molecule has 3 aromatic rings. The van der Waals surface area contributed by atoms with Crippen LogP contribution in [-0.2, 0) is 0 Å². The summed E-state index contributed by atoms with van der Waals surface area (Å²) < 4.78 is 0. The van der Waals surface area contributed by atoms with Crippen LogP contribution in [0.3, 0.4) is 0 Å². The number of anilines is 4. The molecular formula is C21H22N4O. The lowest BCUT2D eigenvalue weighted by molar-refractivity contribution is 0.102. The van der Waals surface area contributed by atoms with Gasteiger partial charge in [-0.2, -0.15) is 0 Å². The zero-order valence-electron chi connectivity index (χ0n) is 15.2. The summed E-state index contributed by atoms with van der Waals surface area (Å²) in [4.78, 5) is 20.7. The van der Waals surface area contributed by atoms with Gasteiger partial charge in [0.1, 0.15) is 5.69 Å². The molecule has 0 atom stereocenters. The van der Waals surface area contributed by atoms with Crippen LogP contribution in [-0.4, -0.2) is 32.0 Å². The Morgan fingerprint density at radius 3 is 2.04 bits per heavy atom. The maximum absolute atomic E-state index is 12.4. The molecule has 1 N–H and O–H groups in total. The molecule has 5 nitrogen and oxygen atoms in total. The van der Waals surface area contributed by atoms with Crippen molar-refractivity contribution in [1.29, 1.82) is 0 Å². The molecule has 0 fully saturated rings. The van der Waals surface area contributed by atoms with Crippen molar-refractivity contribution in [3.8, 4) is 0 Å². The normalized spacial score (nSPS) is 10.3. The molecule has 0 radical (unpaired) electrons. The first-order valence-corrected chi connectivity index (χ1v) is 8.38. The standard InChI is InChI=1S/C21H22N4O/c1-24(2)17-11-9-16(10-12-17)23-21(26)20-14-13-19(15-22-20)25(3)18-7-5-4-6-8-18/h4-15H,1-3H3,(H,23,26). The van der Waals surface area contributed by atoms with Gasteiger partial charge >= 0.3 is 0 Å². The van der Waals surface area contributed by atoms with E-state index in [1.54, 1.807) is 12.3 Å². The second kappa shape index (κ2) is 7.70. The summed E-state index contributed by atoms with van der Waals surface area (Å²) in [5.74, 6) is -0.225. The Labute approximate surface area is 153 Å². The smallest absolute Gasteiger partial charge is 0.274 e. The van der Waals surface area contributed by atoms with Gasteiger partial charge in [0, 0.05) is 38.2 Å². The molecule has 26 heavy (non-hydrogen) atoms. The molecule has 0 saturated carbocycles. The lowest BCUT2D eigenvalue weighted by Crippen LogP contribution is -2.15. The van der Waals surface area contributed by atoms with E-state index in [1.165, 1.54) is 0 Å². The van der Waals surface area contributed by atoms with Gasteiger partial charge in [0.2, 0.25) is 0 Å². The zero-order valence-corrected chi connectivity index (χ0v) is 15.2. The average molecular weight is 346 g/mol. The maximum Gasteiger partial charge on any atom is 0.274 e. The van der Waals surface area contributed by atoms with Crippen LogP contribution in [0.15, 0.2) is 72.9 Å². The minimum Gasteiger partial charge on any atom is -0.378 e. The molecule has 5 heteroatoms. The molecule has 0 saturated heterocycles. The van der Waals surface area contributed by atoms with Crippen LogP contribution in [0.4, 0.5) is 22.7 Å². The molecule has 0 aliphatic rings. The highest BCUT2D eigenvalue weighted by molar-refractivity contribution is 6.03. The average Bonchev–Trinajstić information content (AvgIpc) is 2.68. The first-order chi connectivity index (χ1) is 12.5. The largest absolute Gasteiger partial charge is 0.378 e. The molecule has 0 aliphatic carbocycles. The molecule has 1 amide bonds. The molecule has 1 heterocycles. The second-order valence-electron chi connectivity index (χ2n) is 6.19. The monoisotopic (exact) mass is 346 g/mol. The van der Waals surface area contributed by atoms with Crippen molar-refractivity contribution in [2.24, 2.45) is 0 Å². The van der Waals surface area contributed by atoms with E-state index in [2.05, 4.69) is 10.3 Å². The molecular weight excluding hydrogens is 324 g/mol. The fourth-order valence-corrected chi connectivity index (χ4v) is 2.56. The van der Waals surface area contributed by atoms with Gasteiger partial charge in [0.15, 0.2) is 0 Å². The van der Waals surface area contributed by atoms with E-state index in [-0.39, 0.29) is 5.91 Å². The van der Waals surface area contributed by atoms with Crippen LogP contribution in [0.5, 0.6) is 0 Å². The Kier molecular flexibility index (Phi) is 5.17. The van der Waals surface area contributed by atoms with E-state index in [1.807, 2.05) is 91.6 Å². The summed E-state index contributed by atoms with van der Waals surface area (Å²) in [5, 5.41) is 2.87. The Hall–Kier alpha value is -3.34. The van der Waals surface area contributed by atoms with Gasteiger partial charge in [-0.25, -0.2) is 4.98 Å². The van der Waals surface area contributed by atoms with Crippen molar-refractivity contribution in [3.05, 3.63) is 78.6 Å². The number of carbonyl (C=O) groups excluding carboxylic acids is 1. The number of benzene rings is 2. The number of nitrogens with one attached hydrogen (secondary N) is 1. The van der Waals surface area contributed by atoms with E-state index in [4.69, 9.17) is 0 Å². The topological polar surface area (TPSA) is 48.5 Å². The molecule has 0 bridgehead atoms. The highest BCUT2D eigenvalue weighted by Crippen LogP contribution is 2.22. The zero-order chi connectivity index (χ0) is 18.5. The number of nitrogens with zero attached hydrogens (tertiary/aromatic N) is 3. The van der Waals surface area contributed by atoms with Crippen molar-refractivity contribution in [1.82, 2.24) is 4.98 Å². The Bertz CT molecular complexity index is 859. The Morgan fingerprint density at radius 2 is 1.46 bits per heavy atom. The molecule has 0 unspecified atom stereocenters. The number of pyridine rings is 1. The molecule has 3 rings (SSSR count). The van der Waals surface area contributed by atoms with Crippen molar-refractivity contribution in [3.63, 3.8) is 0 Å². The van der Waals surface area contributed by atoms with Crippen molar-refractivity contribution in [2.45, 2.75) is 0 Å². The van der Waals surface area contributed by atoms with Gasteiger partial charge in [-0.1, -0.05) is 18.2 Å². The Morgan fingerprint density at radius 1 is 0.808 bits per heavy atom. The number of hydrogen-bond acceptors (Lipinski definition) is 4. The number of carbonyl (C=O) groups is 1. The van der Waals surface area contributed by atoms with Gasteiger partial charge in [0.05, 0.1) is 11.9 Å². The first-order valence-electron chi connectivity index (χ1n) is 8.38. The van der Waals surface area contributed by atoms with Crippen LogP contribution in [0, 0.1) is 0 Å². The van der Waals surface area contributed by atoms with Crippen LogP contribution >= 0.6 is 0 Å². The van der Waals surface area contributed by atoms with Crippen molar-refractivity contribution >= 4 is 28.7 Å². The van der Waals surface area contributed by atoms with Crippen LogP contribution < -0.4 is 15.1 Å². The van der Waals surface area contributed by atoms with Gasteiger partial charge in [-0.05, 0) is 48.5 Å². The number of rotatable bonds is 5. The van der Waals surface area contributed by atoms with E-state index in [9.17, 15) is 4.79 Å². The van der Waals surface area contributed by atoms with Crippen LogP contribution in [0.1, 0.15) is 10.5 Å². The SMILES string of the molecule is CN(C)c1ccc(NC(=O)c2ccc(N(C)c3ccccc3)cn2)cc1. The minimum atomic E-state index is -0.225. The quantitative estimate of drug-likeness (QED) is 0.753. The summed E-state index contributed by atoms with van der Waals surface area (Å²) in [5.41, 5.74) is 4.18. The predicted molar refractivity (Wildman–Crippen MR) is 107 cm³/mol.